The molecule has 14 heavy (non-hydrogen) atoms. The third-order valence-electron chi connectivity index (χ3n) is 1.67. The number of carboxylic acids is 1. The predicted molar refractivity (Wildman–Crippen MR) is 48.7 cm³/mol. The van der Waals surface area contributed by atoms with E-state index in [4.69, 9.17) is 15.6 Å². The van der Waals surface area contributed by atoms with Crippen LogP contribution in [0.15, 0.2) is 12.1 Å². The SMILES string of the molecule is Cc1cc(OCC(=O)O)c(F)cc1N. The summed E-state index contributed by atoms with van der Waals surface area (Å²) < 4.78 is 17.8. The van der Waals surface area contributed by atoms with Gasteiger partial charge in [0, 0.05) is 11.8 Å². The van der Waals surface area contributed by atoms with Crippen molar-refractivity contribution in [1.29, 1.82) is 0 Å². The molecular weight excluding hydrogens is 189 g/mol. The van der Waals surface area contributed by atoms with Gasteiger partial charge >= 0.3 is 5.97 Å². The molecule has 0 spiro atoms. The predicted octanol–water partition coefficient (Wildman–Crippen LogP) is 1.18. The largest absolute Gasteiger partial charge is 0.479 e. The Morgan fingerprint density at radius 1 is 1.64 bits per heavy atom. The highest BCUT2D eigenvalue weighted by Crippen LogP contribution is 2.23. The number of aryl methyl sites for hydroxylation is 1. The van der Waals surface area contributed by atoms with E-state index in [0.717, 1.165) is 6.07 Å². The standard InChI is InChI=1S/C9H10FNO3/c1-5-2-8(14-4-9(12)13)6(10)3-7(5)11/h2-3H,4,11H2,1H3,(H,12,13). The average molecular weight is 199 g/mol. The molecule has 4 nitrogen and oxygen atoms in total. The Hall–Kier alpha value is -1.78. The maximum Gasteiger partial charge on any atom is 0.341 e. The molecule has 0 bridgehead atoms. The van der Waals surface area contributed by atoms with Crippen molar-refractivity contribution in [2.75, 3.05) is 12.3 Å². The first-order valence-electron chi connectivity index (χ1n) is 3.91. The second kappa shape index (κ2) is 3.95. The number of halogens is 1. The van der Waals surface area contributed by atoms with Crippen molar-refractivity contribution < 1.29 is 19.0 Å². The minimum atomic E-state index is -1.15. The molecular formula is C9H10FNO3. The molecule has 0 amide bonds. The first kappa shape index (κ1) is 10.3. The van der Waals surface area contributed by atoms with Gasteiger partial charge in [-0.3, -0.25) is 0 Å². The van der Waals surface area contributed by atoms with E-state index in [-0.39, 0.29) is 5.75 Å². The molecule has 1 rings (SSSR count). The highest BCUT2D eigenvalue weighted by atomic mass is 19.1. The highest BCUT2D eigenvalue weighted by molar-refractivity contribution is 5.68. The van der Waals surface area contributed by atoms with Crippen LogP contribution >= 0.6 is 0 Å². The van der Waals surface area contributed by atoms with Gasteiger partial charge in [-0.25, -0.2) is 9.18 Å². The number of benzene rings is 1. The fourth-order valence-electron chi connectivity index (χ4n) is 0.921. The van der Waals surface area contributed by atoms with Crippen LogP contribution in [0.2, 0.25) is 0 Å². The van der Waals surface area contributed by atoms with Gasteiger partial charge in [-0.05, 0) is 18.6 Å². The van der Waals surface area contributed by atoms with Crippen molar-refractivity contribution in [3.05, 3.63) is 23.5 Å². The van der Waals surface area contributed by atoms with Crippen molar-refractivity contribution in [3.8, 4) is 5.75 Å². The molecule has 0 atom stereocenters. The van der Waals surface area contributed by atoms with Crippen molar-refractivity contribution >= 4 is 11.7 Å². The summed E-state index contributed by atoms with van der Waals surface area (Å²) in [5, 5.41) is 8.32. The molecule has 3 N–H and O–H groups in total. The van der Waals surface area contributed by atoms with E-state index in [9.17, 15) is 9.18 Å². The monoisotopic (exact) mass is 199 g/mol. The van der Waals surface area contributed by atoms with E-state index in [2.05, 4.69) is 0 Å². The van der Waals surface area contributed by atoms with Crippen LogP contribution in [0.5, 0.6) is 5.75 Å². The normalized spacial score (nSPS) is 9.86. The van der Waals surface area contributed by atoms with E-state index >= 15 is 0 Å². The molecule has 0 saturated carbocycles. The van der Waals surface area contributed by atoms with Crippen LogP contribution < -0.4 is 10.5 Å². The number of anilines is 1. The third kappa shape index (κ3) is 2.35. The van der Waals surface area contributed by atoms with Crippen LogP contribution in [-0.4, -0.2) is 17.7 Å². The number of hydrogen-bond acceptors (Lipinski definition) is 3. The number of carbonyl (C=O) groups is 1. The smallest absolute Gasteiger partial charge is 0.341 e. The van der Waals surface area contributed by atoms with Crippen LogP contribution in [0.4, 0.5) is 10.1 Å². The van der Waals surface area contributed by atoms with Gasteiger partial charge in [-0.1, -0.05) is 0 Å². The van der Waals surface area contributed by atoms with Gasteiger partial charge in [0.25, 0.3) is 0 Å². The highest BCUT2D eigenvalue weighted by Gasteiger charge is 2.08. The van der Waals surface area contributed by atoms with Gasteiger partial charge in [-0.2, -0.15) is 0 Å². The minimum absolute atomic E-state index is 0.0981. The molecule has 1 aromatic rings. The number of carboxylic acid groups (broad SMARTS) is 1. The lowest BCUT2D eigenvalue weighted by Gasteiger charge is -2.07. The summed E-state index contributed by atoms with van der Waals surface area (Å²) >= 11 is 0. The van der Waals surface area contributed by atoms with Gasteiger partial charge < -0.3 is 15.6 Å². The van der Waals surface area contributed by atoms with Gasteiger partial charge in [0.05, 0.1) is 0 Å². The molecule has 0 radical (unpaired) electrons. The number of hydrogen-bond donors (Lipinski definition) is 2. The maximum absolute atomic E-state index is 13.1. The Bertz CT molecular complexity index is 365. The first-order valence-corrected chi connectivity index (χ1v) is 3.91. The summed E-state index contributed by atoms with van der Waals surface area (Å²) in [6.07, 6.45) is 0. The van der Waals surface area contributed by atoms with E-state index in [1.54, 1.807) is 6.92 Å². The molecule has 0 heterocycles. The van der Waals surface area contributed by atoms with Crippen molar-refractivity contribution in [1.82, 2.24) is 0 Å². The van der Waals surface area contributed by atoms with E-state index in [1.165, 1.54) is 6.07 Å². The van der Waals surface area contributed by atoms with Crippen molar-refractivity contribution in [2.24, 2.45) is 0 Å². The quantitative estimate of drug-likeness (QED) is 0.717. The Morgan fingerprint density at radius 3 is 2.86 bits per heavy atom. The summed E-state index contributed by atoms with van der Waals surface area (Å²) in [6, 6.07) is 2.47. The molecule has 1 aromatic carbocycles. The summed E-state index contributed by atoms with van der Waals surface area (Å²) in [6.45, 7) is 1.11. The second-order valence-electron chi connectivity index (χ2n) is 2.82. The number of ether oxygens (including phenoxy) is 1. The van der Waals surface area contributed by atoms with Crippen molar-refractivity contribution in [2.45, 2.75) is 6.92 Å². The fourth-order valence-corrected chi connectivity index (χ4v) is 0.921. The van der Waals surface area contributed by atoms with Crippen LogP contribution in [0.1, 0.15) is 5.56 Å². The molecule has 0 fully saturated rings. The van der Waals surface area contributed by atoms with Gasteiger partial charge in [0.2, 0.25) is 0 Å². The van der Waals surface area contributed by atoms with Crippen LogP contribution in [0, 0.1) is 12.7 Å². The van der Waals surface area contributed by atoms with Gasteiger partial charge in [0.15, 0.2) is 18.2 Å². The summed E-state index contributed by atoms with van der Waals surface area (Å²) in [4.78, 5) is 10.2. The van der Waals surface area contributed by atoms with Crippen molar-refractivity contribution in [3.63, 3.8) is 0 Å². The number of aliphatic carboxylic acids is 1. The summed E-state index contributed by atoms with van der Waals surface area (Å²) in [5.41, 5.74) is 6.39. The maximum atomic E-state index is 13.1. The third-order valence-corrected chi connectivity index (χ3v) is 1.67. The number of nitrogens with two attached hydrogens (primary N) is 1. The molecule has 0 unspecified atom stereocenters. The van der Waals surface area contributed by atoms with Gasteiger partial charge in [-0.15, -0.1) is 0 Å². The average Bonchev–Trinajstić information content (AvgIpc) is 2.09. The minimum Gasteiger partial charge on any atom is -0.479 e. The zero-order valence-corrected chi connectivity index (χ0v) is 7.58. The number of nitrogen functional groups attached to an aromatic ring is 1. The summed E-state index contributed by atoms with van der Waals surface area (Å²) in [5.74, 6) is -1.91. The zero-order valence-electron chi connectivity index (χ0n) is 7.58. The number of rotatable bonds is 3. The Morgan fingerprint density at radius 2 is 2.29 bits per heavy atom. The van der Waals surface area contributed by atoms with E-state index in [1.807, 2.05) is 0 Å². The first-order chi connectivity index (χ1) is 6.50. The molecule has 0 aromatic heterocycles. The lowest BCUT2D eigenvalue weighted by molar-refractivity contribution is -0.139. The fraction of sp³-hybridized carbons (Fsp3) is 0.222. The molecule has 0 aliphatic heterocycles. The van der Waals surface area contributed by atoms with Crippen LogP contribution in [0.25, 0.3) is 0 Å². The Kier molecular flexibility index (Phi) is 2.91. The van der Waals surface area contributed by atoms with Crippen LogP contribution in [-0.2, 0) is 4.79 Å². The molecule has 5 heteroatoms. The Labute approximate surface area is 80.1 Å². The summed E-state index contributed by atoms with van der Waals surface area (Å²) in [7, 11) is 0. The molecule has 0 saturated heterocycles. The Balaban J connectivity index is 2.87. The lowest BCUT2D eigenvalue weighted by Crippen LogP contribution is -2.10. The topological polar surface area (TPSA) is 72.5 Å². The van der Waals surface area contributed by atoms with Gasteiger partial charge in [0.1, 0.15) is 0 Å². The molecule has 0 aliphatic carbocycles. The second-order valence-corrected chi connectivity index (χ2v) is 2.82. The van der Waals surface area contributed by atoms with E-state index < -0.39 is 18.4 Å². The molecule has 0 aliphatic rings. The molecule has 76 valence electrons. The zero-order chi connectivity index (χ0) is 10.7. The van der Waals surface area contributed by atoms with E-state index in [0.29, 0.717) is 11.3 Å². The lowest BCUT2D eigenvalue weighted by atomic mass is 10.2. The van der Waals surface area contributed by atoms with Crippen LogP contribution in [0.3, 0.4) is 0 Å².